The van der Waals surface area contributed by atoms with E-state index in [0.717, 1.165) is 24.0 Å². The fourth-order valence-electron chi connectivity index (χ4n) is 2.66. The van der Waals surface area contributed by atoms with E-state index in [4.69, 9.17) is 9.41 Å². The Hall–Kier alpha value is -0.900. The molecule has 1 aliphatic heterocycles. The molecule has 17 heavy (non-hydrogen) atoms. The number of hydrogen-bond donors (Lipinski definition) is 1. The first kappa shape index (κ1) is 11.2. The van der Waals surface area contributed by atoms with Gasteiger partial charge < -0.3 is 9.73 Å². The molecule has 1 saturated carbocycles. The number of rotatable bonds is 2. The molecule has 0 unspecified atom stereocenters. The van der Waals surface area contributed by atoms with Crippen molar-refractivity contribution in [3.8, 4) is 0 Å². The van der Waals surface area contributed by atoms with Crippen LogP contribution in [0, 0.1) is 5.41 Å². The van der Waals surface area contributed by atoms with Crippen LogP contribution in [-0.2, 0) is 6.54 Å². The molecule has 0 radical (unpaired) electrons. The highest BCUT2D eigenvalue weighted by Crippen LogP contribution is 2.43. The van der Waals surface area contributed by atoms with Crippen LogP contribution in [0.5, 0.6) is 0 Å². The highest BCUT2D eigenvalue weighted by Gasteiger charge is 2.36. The van der Waals surface area contributed by atoms with Crippen LogP contribution in [0.2, 0.25) is 0 Å². The Morgan fingerprint density at radius 2 is 2.29 bits per heavy atom. The van der Waals surface area contributed by atoms with E-state index < -0.39 is 0 Å². The van der Waals surface area contributed by atoms with Gasteiger partial charge in [-0.05, 0) is 30.4 Å². The summed E-state index contributed by atoms with van der Waals surface area (Å²) in [6.45, 7) is 1.76. The quantitative estimate of drug-likeness (QED) is 0.876. The minimum absolute atomic E-state index is 0.528. The molecular formula is C13H18N2OS. The van der Waals surface area contributed by atoms with Crippen LogP contribution >= 0.6 is 11.8 Å². The third-order valence-electron chi connectivity index (χ3n) is 3.73. The van der Waals surface area contributed by atoms with Crippen molar-refractivity contribution in [1.82, 2.24) is 5.32 Å². The number of furan rings is 1. The number of hydrogen-bond acceptors (Lipinski definition) is 4. The van der Waals surface area contributed by atoms with E-state index in [1.54, 1.807) is 6.26 Å². The van der Waals surface area contributed by atoms with Crippen molar-refractivity contribution in [2.75, 3.05) is 12.3 Å². The standard InChI is InChI=1S/C13H18N2OS/c1-2-6-13(5-1)9-15-12(17-10-13)14-8-11-4-3-7-16-11/h3-4,7H,1-2,5-6,8-10H2,(H,14,15). The molecule has 4 heteroatoms. The largest absolute Gasteiger partial charge is 0.467 e. The highest BCUT2D eigenvalue weighted by molar-refractivity contribution is 8.13. The van der Waals surface area contributed by atoms with Crippen molar-refractivity contribution >= 4 is 16.9 Å². The van der Waals surface area contributed by atoms with Crippen LogP contribution < -0.4 is 5.32 Å². The van der Waals surface area contributed by atoms with Crippen molar-refractivity contribution in [2.24, 2.45) is 10.4 Å². The Balaban J connectivity index is 1.54. The van der Waals surface area contributed by atoms with Crippen LogP contribution in [0.25, 0.3) is 0 Å². The maximum absolute atomic E-state index is 5.29. The fraction of sp³-hybridized carbons (Fsp3) is 0.615. The van der Waals surface area contributed by atoms with E-state index in [0.29, 0.717) is 5.41 Å². The molecule has 0 aromatic carbocycles. The van der Waals surface area contributed by atoms with Crippen molar-refractivity contribution in [3.05, 3.63) is 24.2 Å². The lowest BCUT2D eigenvalue weighted by Crippen LogP contribution is -2.33. The Morgan fingerprint density at radius 1 is 1.41 bits per heavy atom. The van der Waals surface area contributed by atoms with Gasteiger partial charge in [0.1, 0.15) is 5.76 Å². The molecule has 0 amide bonds. The zero-order valence-corrected chi connectivity index (χ0v) is 10.8. The zero-order chi connectivity index (χ0) is 11.6. The number of amidine groups is 1. The first-order valence-corrected chi connectivity index (χ1v) is 7.28. The fourth-order valence-corrected chi connectivity index (χ4v) is 3.82. The third kappa shape index (κ3) is 2.51. The summed E-state index contributed by atoms with van der Waals surface area (Å²) in [6, 6.07) is 3.90. The third-order valence-corrected chi connectivity index (χ3v) is 5.03. The molecule has 0 saturated heterocycles. The maximum Gasteiger partial charge on any atom is 0.156 e. The highest BCUT2D eigenvalue weighted by atomic mass is 32.2. The number of aliphatic imine (C=N–C) groups is 1. The average molecular weight is 250 g/mol. The number of nitrogens with zero attached hydrogens (tertiary/aromatic N) is 1. The van der Waals surface area contributed by atoms with Crippen molar-refractivity contribution < 1.29 is 4.42 Å². The summed E-state index contributed by atoms with van der Waals surface area (Å²) in [5, 5.41) is 4.43. The Labute approximate surface area is 106 Å². The predicted molar refractivity (Wildman–Crippen MR) is 71.2 cm³/mol. The molecule has 3 nitrogen and oxygen atoms in total. The molecule has 2 heterocycles. The van der Waals surface area contributed by atoms with Crippen molar-refractivity contribution in [1.29, 1.82) is 0 Å². The minimum Gasteiger partial charge on any atom is -0.467 e. The molecule has 3 rings (SSSR count). The normalized spacial score (nSPS) is 22.7. The summed E-state index contributed by atoms with van der Waals surface area (Å²) in [5.74, 6) is 2.20. The van der Waals surface area contributed by atoms with E-state index in [9.17, 15) is 0 Å². The summed E-state index contributed by atoms with van der Waals surface area (Å²) < 4.78 is 5.29. The van der Waals surface area contributed by atoms with Crippen LogP contribution in [0.15, 0.2) is 27.8 Å². The van der Waals surface area contributed by atoms with E-state index in [1.165, 1.54) is 31.4 Å². The first-order chi connectivity index (χ1) is 8.36. The van der Waals surface area contributed by atoms with Crippen LogP contribution in [-0.4, -0.2) is 17.5 Å². The lowest BCUT2D eigenvalue weighted by molar-refractivity contribution is 0.358. The topological polar surface area (TPSA) is 37.5 Å². The lowest BCUT2D eigenvalue weighted by atomic mass is 9.89. The van der Waals surface area contributed by atoms with Gasteiger partial charge >= 0.3 is 0 Å². The van der Waals surface area contributed by atoms with Crippen LogP contribution in [0.1, 0.15) is 31.4 Å². The lowest BCUT2D eigenvalue weighted by Gasteiger charge is -2.30. The van der Waals surface area contributed by atoms with E-state index in [2.05, 4.69) is 5.32 Å². The molecular weight excluding hydrogens is 232 g/mol. The van der Waals surface area contributed by atoms with Gasteiger partial charge in [-0.2, -0.15) is 0 Å². The minimum atomic E-state index is 0.528. The first-order valence-electron chi connectivity index (χ1n) is 6.30. The zero-order valence-electron chi connectivity index (χ0n) is 9.95. The summed E-state index contributed by atoms with van der Waals surface area (Å²) in [6.07, 6.45) is 7.24. The Kier molecular flexibility index (Phi) is 3.14. The van der Waals surface area contributed by atoms with Crippen LogP contribution in [0.4, 0.5) is 0 Å². The van der Waals surface area contributed by atoms with Crippen molar-refractivity contribution in [3.63, 3.8) is 0 Å². The molecule has 2 aliphatic rings. The van der Waals surface area contributed by atoms with Gasteiger partial charge in [-0.1, -0.05) is 24.6 Å². The van der Waals surface area contributed by atoms with Gasteiger partial charge in [0, 0.05) is 12.3 Å². The van der Waals surface area contributed by atoms with Gasteiger partial charge in [-0.3, -0.25) is 4.99 Å². The maximum atomic E-state index is 5.29. The second kappa shape index (κ2) is 4.77. The second-order valence-corrected chi connectivity index (χ2v) is 6.01. The van der Waals surface area contributed by atoms with E-state index in [-0.39, 0.29) is 0 Å². The molecule has 1 aliphatic carbocycles. The molecule has 1 spiro atoms. The van der Waals surface area contributed by atoms with E-state index in [1.807, 2.05) is 23.9 Å². The number of thioether (sulfide) groups is 1. The molecule has 0 bridgehead atoms. The Bertz CT molecular complexity index is 394. The van der Waals surface area contributed by atoms with Gasteiger partial charge in [0.25, 0.3) is 0 Å². The van der Waals surface area contributed by atoms with E-state index >= 15 is 0 Å². The molecule has 1 N–H and O–H groups in total. The molecule has 1 fully saturated rings. The second-order valence-electron chi connectivity index (χ2n) is 5.05. The summed E-state index contributed by atoms with van der Waals surface area (Å²) in [7, 11) is 0. The summed E-state index contributed by atoms with van der Waals surface area (Å²) in [4.78, 5) is 4.69. The number of nitrogens with one attached hydrogen (secondary N) is 1. The van der Waals surface area contributed by atoms with Gasteiger partial charge in [0.05, 0.1) is 12.8 Å². The smallest absolute Gasteiger partial charge is 0.156 e. The van der Waals surface area contributed by atoms with Crippen LogP contribution in [0.3, 0.4) is 0 Å². The molecule has 1 aromatic heterocycles. The molecule has 92 valence electrons. The average Bonchev–Trinajstić information content (AvgIpc) is 3.01. The Morgan fingerprint density at radius 3 is 2.94 bits per heavy atom. The monoisotopic (exact) mass is 250 g/mol. The summed E-state index contributed by atoms with van der Waals surface area (Å²) in [5.41, 5.74) is 0.528. The van der Waals surface area contributed by atoms with Gasteiger partial charge in [0.15, 0.2) is 5.17 Å². The van der Waals surface area contributed by atoms with Crippen molar-refractivity contribution in [2.45, 2.75) is 32.2 Å². The summed E-state index contributed by atoms with van der Waals surface area (Å²) >= 11 is 1.88. The van der Waals surface area contributed by atoms with Gasteiger partial charge in [-0.25, -0.2) is 0 Å². The molecule has 1 aromatic rings. The van der Waals surface area contributed by atoms with Gasteiger partial charge in [0.2, 0.25) is 0 Å². The SMILES string of the molecule is c1coc(CNC2=NCC3(CCCC3)CS2)c1. The molecule has 0 atom stereocenters. The van der Waals surface area contributed by atoms with Gasteiger partial charge in [-0.15, -0.1) is 0 Å². The predicted octanol–water partition coefficient (Wildman–Crippen LogP) is 3.03.